The average Bonchev–Trinajstić information content (AvgIpc) is 1.97. The maximum atomic E-state index is 9.52. The fourth-order valence-electron chi connectivity index (χ4n) is 1.58. The number of rotatable bonds is 0. The normalized spacial score (nSPS) is 46.0. The van der Waals surface area contributed by atoms with E-state index in [1.807, 2.05) is 13.8 Å². The van der Waals surface area contributed by atoms with Gasteiger partial charge in [-0.3, -0.25) is 0 Å². The van der Waals surface area contributed by atoms with Gasteiger partial charge in [-0.2, -0.15) is 0 Å². The molecular formula is C9H16O2. The fourth-order valence-corrected chi connectivity index (χ4v) is 1.58. The lowest BCUT2D eigenvalue weighted by atomic mass is 9.75. The van der Waals surface area contributed by atoms with E-state index in [9.17, 15) is 10.2 Å². The first-order valence-corrected chi connectivity index (χ1v) is 4.08. The van der Waals surface area contributed by atoms with E-state index in [0.717, 1.165) is 5.57 Å². The van der Waals surface area contributed by atoms with Gasteiger partial charge in [0.05, 0.1) is 12.2 Å². The molecule has 0 aromatic rings. The van der Waals surface area contributed by atoms with Crippen molar-refractivity contribution in [3.63, 3.8) is 0 Å². The van der Waals surface area contributed by atoms with Crippen LogP contribution in [0.1, 0.15) is 20.3 Å². The van der Waals surface area contributed by atoms with E-state index >= 15 is 0 Å². The fraction of sp³-hybridized carbons (Fsp3) is 0.778. The molecule has 2 N–H and O–H groups in total. The third-order valence-electron chi connectivity index (χ3n) is 2.82. The van der Waals surface area contributed by atoms with Crippen molar-refractivity contribution < 1.29 is 10.2 Å². The molecule has 0 amide bonds. The van der Waals surface area contributed by atoms with Crippen molar-refractivity contribution in [3.05, 3.63) is 12.2 Å². The Hall–Kier alpha value is -0.340. The van der Waals surface area contributed by atoms with Crippen LogP contribution >= 0.6 is 0 Å². The van der Waals surface area contributed by atoms with Crippen molar-refractivity contribution in [3.8, 4) is 0 Å². The molecule has 0 aromatic heterocycles. The highest BCUT2D eigenvalue weighted by molar-refractivity contribution is 5.10. The Morgan fingerprint density at radius 1 is 1.27 bits per heavy atom. The highest BCUT2D eigenvalue weighted by Crippen LogP contribution is 2.32. The van der Waals surface area contributed by atoms with Crippen LogP contribution in [-0.2, 0) is 0 Å². The number of hydrogen-bond acceptors (Lipinski definition) is 2. The summed E-state index contributed by atoms with van der Waals surface area (Å²) in [6.45, 7) is 7.63. The first-order valence-electron chi connectivity index (χ1n) is 4.08. The van der Waals surface area contributed by atoms with E-state index in [2.05, 4.69) is 6.58 Å². The predicted octanol–water partition coefficient (Wildman–Crippen LogP) is 0.940. The second-order valence-electron chi connectivity index (χ2n) is 3.59. The van der Waals surface area contributed by atoms with Gasteiger partial charge < -0.3 is 10.2 Å². The molecule has 0 aromatic carbocycles. The molecule has 0 spiro atoms. The molecule has 1 fully saturated rings. The van der Waals surface area contributed by atoms with Gasteiger partial charge in [0.15, 0.2) is 0 Å². The molecule has 0 radical (unpaired) electrons. The quantitative estimate of drug-likeness (QED) is 0.512. The Labute approximate surface area is 67.6 Å². The van der Waals surface area contributed by atoms with Crippen LogP contribution in [0.15, 0.2) is 12.2 Å². The van der Waals surface area contributed by atoms with Crippen LogP contribution in [0.25, 0.3) is 0 Å². The largest absolute Gasteiger partial charge is 0.393 e. The third kappa shape index (κ3) is 1.47. The van der Waals surface area contributed by atoms with Gasteiger partial charge in [-0.1, -0.05) is 20.4 Å². The molecule has 4 unspecified atom stereocenters. The molecule has 0 aliphatic heterocycles. The second kappa shape index (κ2) is 2.95. The first kappa shape index (κ1) is 8.75. The number of aliphatic hydroxyl groups is 2. The molecule has 1 aliphatic rings. The summed E-state index contributed by atoms with van der Waals surface area (Å²) in [6, 6.07) is 0. The van der Waals surface area contributed by atoms with Crippen molar-refractivity contribution in [2.75, 3.05) is 0 Å². The Morgan fingerprint density at radius 3 is 2.36 bits per heavy atom. The second-order valence-corrected chi connectivity index (χ2v) is 3.59. The summed E-state index contributed by atoms with van der Waals surface area (Å²) < 4.78 is 0. The van der Waals surface area contributed by atoms with Gasteiger partial charge in [0.2, 0.25) is 0 Å². The number of hydrogen-bond donors (Lipinski definition) is 2. The van der Waals surface area contributed by atoms with Gasteiger partial charge in [0.1, 0.15) is 0 Å². The van der Waals surface area contributed by atoms with Crippen LogP contribution in [-0.4, -0.2) is 22.4 Å². The smallest absolute Gasteiger partial charge is 0.0777 e. The Kier molecular flexibility index (Phi) is 2.35. The van der Waals surface area contributed by atoms with Gasteiger partial charge >= 0.3 is 0 Å². The van der Waals surface area contributed by atoms with Crippen LogP contribution in [0.3, 0.4) is 0 Å². The molecule has 1 aliphatic carbocycles. The van der Waals surface area contributed by atoms with Crippen LogP contribution in [0.4, 0.5) is 0 Å². The third-order valence-corrected chi connectivity index (χ3v) is 2.82. The molecule has 1 saturated carbocycles. The van der Waals surface area contributed by atoms with Crippen molar-refractivity contribution in [1.29, 1.82) is 0 Å². The Bertz CT molecular complexity index is 165. The van der Waals surface area contributed by atoms with E-state index in [1.54, 1.807) is 0 Å². The highest BCUT2D eigenvalue weighted by Gasteiger charge is 2.33. The van der Waals surface area contributed by atoms with Crippen LogP contribution in [0.2, 0.25) is 0 Å². The van der Waals surface area contributed by atoms with Gasteiger partial charge in [-0.05, 0) is 23.8 Å². The maximum absolute atomic E-state index is 9.52. The molecule has 0 saturated heterocycles. The zero-order valence-electron chi connectivity index (χ0n) is 7.12. The minimum atomic E-state index is -0.423. The summed E-state index contributed by atoms with van der Waals surface area (Å²) in [7, 11) is 0. The summed E-state index contributed by atoms with van der Waals surface area (Å²) in [5.41, 5.74) is 0.767. The summed E-state index contributed by atoms with van der Waals surface area (Å²) >= 11 is 0. The van der Waals surface area contributed by atoms with E-state index in [-0.39, 0.29) is 17.9 Å². The van der Waals surface area contributed by atoms with Crippen molar-refractivity contribution >= 4 is 0 Å². The van der Waals surface area contributed by atoms with Crippen molar-refractivity contribution in [1.82, 2.24) is 0 Å². The van der Waals surface area contributed by atoms with Gasteiger partial charge in [0.25, 0.3) is 0 Å². The lowest BCUT2D eigenvalue weighted by Gasteiger charge is -2.36. The predicted molar refractivity (Wildman–Crippen MR) is 44.1 cm³/mol. The van der Waals surface area contributed by atoms with Crippen molar-refractivity contribution in [2.45, 2.75) is 32.5 Å². The van der Waals surface area contributed by atoms with E-state index < -0.39 is 6.10 Å². The molecule has 1 rings (SSSR count). The molecule has 0 heterocycles. The monoisotopic (exact) mass is 156 g/mol. The van der Waals surface area contributed by atoms with Crippen LogP contribution in [0.5, 0.6) is 0 Å². The summed E-state index contributed by atoms with van der Waals surface area (Å²) in [5.74, 6) is 0.307. The Morgan fingerprint density at radius 2 is 1.82 bits per heavy atom. The molecular weight excluding hydrogens is 140 g/mol. The van der Waals surface area contributed by atoms with Gasteiger partial charge in [-0.25, -0.2) is 0 Å². The lowest BCUT2D eigenvalue weighted by Crippen LogP contribution is -2.39. The van der Waals surface area contributed by atoms with Crippen molar-refractivity contribution in [2.24, 2.45) is 11.8 Å². The van der Waals surface area contributed by atoms with E-state index in [1.165, 1.54) is 0 Å². The summed E-state index contributed by atoms with van der Waals surface area (Å²) in [6.07, 6.45) is -0.193. The zero-order chi connectivity index (χ0) is 8.59. The topological polar surface area (TPSA) is 40.5 Å². The van der Waals surface area contributed by atoms with Gasteiger partial charge in [0, 0.05) is 0 Å². The molecule has 0 bridgehead atoms. The zero-order valence-corrected chi connectivity index (χ0v) is 7.12. The average molecular weight is 156 g/mol. The highest BCUT2D eigenvalue weighted by atomic mass is 16.3. The van der Waals surface area contributed by atoms with Crippen LogP contribution < -0.4 is 0 Å². The molecule has 2 nitrogen and oxygen atoms in total. The standard InChI is InChI=1S/C9H16O2/c1-5-4-8(10)6(2)7(3)9(5)11/h6-11H,1,4H2,2-3H3. The first-order chi connectivity index (χ1) is 5.04. The minimum absolute atomic E-state index is 0.131. The minimum Gasteiger partial charge on any atom is -0.393 e. The van der Waals surface area contributed by atoms with E-state index in [4.69, 9.17) is 0 Å². The summed E-state index contributed by atoms with van der Waals surface area (Å²) in [5, 5.41) is 19.0. The van der Waals surface area contributed by atoms with E-state index in [0.29, 0.717) is 6.42 Å². The molecule has 4 atom stereocenters. The van der Waals surface area contributed by atoms with Gasteiger partial charge in [-0.15, -0.1) is 0 Å². The van der Waals surface area contributed by atoms with Crippen LogP contribution in [0, 0.1) is 11.8 Å². The molecule has 11 heavy (non-hydrogen) atoms. The Balaban J connectivity index is 2.70. The SMILES string of the molecule is C=C1CC(O)C(C)C(C)C1O. The summed E-state index contributed by atoms with van der Waals surface area (Å²) in [4.78, 5) is 0. The molecule has 2 heteroatoms. The molecule has 64 valence electrons. The number of aliphatic hydroxyl groups excluding tert-OH is 2. The lowest BCUT2D eigenvalue weighted by molar-refractivity contribution is 0.00518. The maximum Gasteiger partial charge on any atom is 0.0777 e.